The molecule has 188 valence electrons. The zero-order valence-corrected chi connectivity index (χ0v) is 22.1. The summed E-state index contributed by atoms with van der Waals surface area (Å²) < 4.78 is 14.2. The number of unbranched alkanes of at least 4 members (excludes halogenated alkanes) is 1. The van der Waals surface area contributed by atoms with Gasteiger partial charge in [0.15, 0.2) is 5.75 Å². The first-order valence-corrected chi connectivity index (χ1v) is 12.8. The first-order valence-electron chi connectivity index (χ1n) is 12.8. The molecule has 0 aliphatic heterocycles. The second kappa shape index (κ2) is 13.9. The first-order chi connectivity index (χ1) is 16.3. The second-order valence-corrected chi connectivity index (χ2v) is 9.63. The highest BCUT2D eigenvalue weighted by atomic mass is 16.5. The van der Waals surface area contributed by atoms with E-state index in [4.69, 9.17) is 15.2 Å². The Morgan fingerprint density at radius 3 is 2.53 bits per heavy atom. The molecule has 1 heterocycles. The SMILES string of the molecule is CCCCn1c(=O)c(OCC(C)CCC)c(OCC=C(C)CCC=C(C)C)c2ccc(N)cc21. The summed E-state index contributed by atoms with van der Waals surface area (Å²) in [7, 11) is 0. The molecule has 0 aliphatic rings. The molecule has 0 fully saturated rings. The smallest absolute Gasteiger partial charge is 0.297 e. The molecule has 2 aromatic rings. The van der Waals surface area contributed by atoms with Crippen molar-refractivity contribution in [3.05, 3.63) is 51.9 Å². The number of nitrogens with zero attached hydrogens (tertiary/aromatic N) is 1. The van der Waals surface area contributed by atoms with Crippen molar-refractivity contribution in [3.63, 3.8) is 0 Å². The van der Waals surface area contributed by atoms with Crippen molar-refractivity contribution >= 4 is 16.6 Å². The molecule has 1 aromatic heterocycles. The number of pyridine rings is 1. The lowest BCUT2D eigenvalue weighted by Crippen LogP contribution is -2.25. The summed E-state index contributed by atoms with van der Waals surface area (Å²) >= 11 is 0. The van der Waals surface area contributed by atoms with Gasteiger partial charge in [-0.3, -0.25) is 4.79 Å². The summed E-state index contributed by atoms with van der Waals surface area (Å²) in [5, 5.41) is 0.860. The van der Waals surface area contributed by atoms with Crippen LogP contribution in [-0.4, -0.2) is 17.8 Å². The highest BCUT2D eigenvalue weighted by Crippen LogP contribution is 2.34. The zero-order chi connectivity index (χ0) is 25.1. The van der Waals surface area contributed by atoms with Crippen LogP contribution in [0.4, 0.5) is 5.69 Å². The lowest BCUT2D eigenvalue weighted by molar-refractivity contribution is 0.233. The molecule has 0 amide bonds. The van der Waals surface area contributed by atoms with E-state index in [9.17, 15) is 4.79 Å². The van der Waals surface area contributed by atoms with Gasteiger partial charge >= 0.3 is 0 Å². The number of nitrogens with two attached hydrogens (primary N) is 1. The van der Waals surface area contributed by atoms with Crippen LogP contribution in [-0.2, 0) is 6.54 Å². The summed E-state index contributed by atoms with van der Waals surface area (Å²) in [6, 6.07) is 5.66. The number of anilines is 1. The van der Waals surface area contributed by atoms with E-state index < -0.39 is 0 Å². The maximum absolute atomic E-state index is 13.6. The van der Waals surface area contributed by atoms with Gasteiger partial charge in [-0.2, -0.15) is 0 Å². The van der Waals surface area contributed by atoms with Crippen LogP contribution in [0.3, 0.4) is 0 Å². The Hall–Kier alpha value is -2.69. The number of fused-ring (bicyclic) bond motifs is 1. The van der Waals surface area contributed by atoms with Crippen molar-refractivity contribution in [2.45, 2.75) is 86.6 Å². The molecule has 0 radical (unpaired) electrons. The summed E-state index contributed by atoms with van der Waals surface area (Å²) in [5.74, 6) is 1.19. The van der Waals surface area contributed by atoms with Gasteiger partial charge < -0.3 is 19.8 Å². The number of nitrogen functional groups attached to an aromatic ring is 1. The van der Waals surface area contributed by atoms with E-state index in [1.807, 2.05) is 18.2 Å². The Balaban J connectivity index is 2.45. The Morgan fingerprint density at radius 1 is 1.09 bits per heavy atom. The minimum Gasteiger partial charge on any atom is -0.485 e. The fourth-order valence-corrected chi connectivity index (χ4v) is 3.98. The third-order valence-corrected chi connectivity index (χ3v) is 5.98. The Bertz CT molecular complexity index is 1050. The third-order valence-electron chi connectivity index (χ3n) is 5.98. The summed E-state index contributed by atoms with van der Waals surface area (Å²) in [6.07, 6.45) is 10.4. The monoisotopic (exact) mass is 468 g/mol. The quantitative estimate of drug-likeness (QED) is 0.234. The minimum atomic E-state index is -0.144. The van der Waals surface area contributed by atoms with Gasteiger partial charge in [-0.25, -0.2) is 0 Å². The second-order valence-electron chi connectivity index (χ2n) is 9.63. The predicted octanol–water partition coefficient (Wildman–Crippen LogP) is 7.27. The van der Waals surface area contributed by atoms with E-state index in [0.717, 1.165) is 49.4 Å². The Labute approximate surface area is 205 Å². The van der Waals surface area contributed by atoms with Crippen molar-refractivity contribution in [1.82, 2.24) is 4.57 Å². The van der Waals surface area contributed by atoms with Crippen LogP contribution in [0.15, 0.2) is 46.3 Å². The van der Waals surface area contributed by atoms with E-state index in [-0.39, 0.29) is 5.56 Å². The van der Waals surface area contributed by atoms with Gasteiger partial charge in [-0.15, -0.1) is 0 Å². The van der Waals surface area contributed by atoms with Crippen molar-refractivity contribution in [3.8, 4) is 11.5 Å². The van der Waals surface area contributed by atoms with Crippen LogP contribution in [0.1, 0.15) is 80.1 Å². The van der Waals surface area contributed by atoms with E-state index >= 15 is 0 Å². The number of allylic oxidation sites excluding steroid dienone is 3. The fourth-order valence-electron chi connectivity index (χ4n) is 3.98. The van der Waals surface area contributed by atoms with Crippen LogP contribution >= 0.6 is 0 Å². The molecule has 5 nitrogen and oxygen atoms in total. The van der Waals surface area contributed by atoms with E-state index in [1.165, 1.54) is 11.1 Å². The number of rotatable bonds is 14. The lowest BCUT2D eigenvalue weighted by Gasteiger charge is -2.20. The number of hydrogen-bond acceptors (Lipinski definition) is 4. The first kappa shape index (κ1) is 27.6. The van der Waals surface area contributed by atoms with Gasteiger partial charge in [-0.05, 0) is 76.6 Å². The standard InChI is InChI=1S/C29H44N2O3/c1-7-9-17-31-26-19-24(30)14-15-25(26)27(28(29(31)32)34-20-23(6)11-8-2)33-18-16-22(5)13-10-12-21(3)4/h12,14-16,19,23H,7-11,13,17-18,20,30H2,1-6H3. The van der Waals surface area contributed by atoms with Crippen molar-refractivity contribution in [2.75, 3.05) is 18.9 Å². The van der Waals surface area contributed by atoms with Crippen molar-refractivity contribution in [2.24, 2.45) is 5.92 Å². The molecular formula is C29H44N2O3. The van der Waals surface area contributed by atoms with Crippen LogP contribution in [0.25, 0.3) is 10.9 Å². The highest BCUT2D eigenvalue weighted by Gasteiger charge is 2.20. The van der Waals surface area contributed by atoms with Crippen LogP contribution in [0.2, 0.25) is 0 Å². The molecule has 34 heavy (non-hydrogen) atoms. The van der Waals surface area contributed by atoms with Gasteiger partial charge in [0.2, 0.25) is 5.75 Å². The van der Waals surface area contributed by atoms with Crippen molar-refractivity contribution in [1.29, 1.82) is 0 Å². The maximum atomic E-state index is 13.6. The number of benzene rings is 1. The van der Waals surface area contributed by atoms with Gasteiger partial charge in [0.05, 0.1) is 12.1 Å². The third kappa shape index (κ3) is 7.96. The number of aromatic nitrogens is 1. The van der Waals surface area contributed by atoms with Gasteiger partial charge in [0.25, 0.3) is 5.56 Å². The molecule has 0 spiro atoms. The normalized spacial score (nSPS) is 12.6. The van der Waals surface area contributed by atoms with Crippen molar-refractivity contribution < 1.29 is 9.47 Å². The molecule has 1 unspecified atom stereocenters. The average Bonchev–Trinajstić information content (AvgIpc) is 2.78. The molecular weight excluding hydrogens is 424 g/mol. The molecule has 2 N–H and O–H groups in total. The average molecular weight is 469 g/mol. The molecule has 1 aromatic carbocycles. The van der Waals surface area contributed by atoms with Crippen LogP contribution in [0, 0.1) is 5.92 Å². The summed E-state index contributed by atoms with van der Waals surface area (Å²) in [6.45, 7) is 14.3. The number of ether oxygens (including phenoxy) is 2. The topological polar surface area (TPSA) is 66.5 Å². The van der Waals surface area contributed by atoms with E-state index in [0.29, 0.717) is 42.9 Å². The fraction of sp³-hybridized carbons (Fsp3) is 0.552. The largest absolute Gasteiger partial charge is 0.485 e. The maximum Gasteiger partial charge on any atom is 0.297 e. The molecule has 0 bridgehead atoms. The highest BCUT2D eigenvalue weighted by molar-refractivity contribution is 5.90. The number of hydrogen-bond donors (Lipinski definition) is 1. The van der Waals surface area contributed by atoms with E-state index in [1.54, 1.807) is 4.57 Å². The zero-order valence-electron chi connectivity index (χ0n) is 22.1. The molecule has 0 saturated heterocycles. The molecule has 0 saturated carbocycles. The lowest BCUT2D eigenvalue weighted by atomic mass is 10.1. The van der Waals surface area contributed by atoms with E-state index in [2.05, 4.69) is 53.7 Å². The summed E-state index contributed by atoms with van der Waals surface area (Å²) in [4.78, 5) is 13.6. The Morgan fingerprint density at radius 2 is 1.85 bits per heavy atom. The van der Waals surface area contributed by atoms with Gasteiger partial charge in [0.1, 0.15) is 6.61 Å². The van der Waals surface area contributed by atoms with Crippen LogP contribution in [0.5, 0.6) is 11.5 Å². The predicted molar refractivity (Wildman–Crippen MR) is 145 cm³/mol. The van der Waals surface area contributed by atoms with Crippen LogP contribution < -0.4 is 20.8 Å². The minimum absolute atomic E-state index is 0.144. The summed E-state index contributed by atoms with van der Waals surface area (Å²) in [5.41, 5.74) is 9.98. The number of aryl methyl sites for hydroxylation is 1. The molecule has 2 rings (SSSR count). The molecule has 1 atom stereocenters. The van der Waals surface area contributed by atoms with Gasteiger partial charge in [0, 0.05) is 17.6 Å². The molecule has 0 aliphatic carbocycles. The van der Waals surface area contributed by atoms with Gasteiger partial charge in [-0.1, -0.05) is 50.8 Å². The molecule has 5 heteroatoms. The Kier molecular flexibility index (Phi) is 11.2.